The Bertz CT molecular complexity index is 1660. The van der Waals surface area contributed by atoms with E-state index in [1.54, 1.807) is 42.6 Å². The molecule has 40 heavy (non-hydrogen) atoms. The number of nitrogens with one attached hydrogen (secondary N) is 2. The summed E-state index contributed by atoms with van der Waals surface area (Å²) in [5.41, 5.74) is 2.16. The van der Waals surface area contributed by atoms with Gasteiger partial charge in [-0.2, -0.15) is 13.2 Å². The van der Waals surface area contributed by atoms with Crippen LogP contribution in [0.25, 0.3) is 22.0 Å². The molecule has 1 amide bonds. The van der Waals surface area contributed by atoms with Crippen LogP contribution in [0.1, 0.15) is 28.4 Å². The van der Waals surface area contributed by atoms with Gasteiger partial charge >= 0.3 is 6.18 Å². The first kappa shape index (κ1) is 27.3. The first-order valence-electron chi connectivity index (χ1n) is 12.2. The highest BCUT2D eigenvalue weighted by atomic mass is 35.5. The van der Waals surface area contributed by atoms with Gasteiger partial charge < -0.3 is 10.3 Å². The van der Waals surface area contributed by atoms with Crippen molar-refractivity contribution < 1.29 is 26.7 Å². The second-order valence-corrected chi connectivity index (χ2v) is 9.73. The van der Waals surface area contributed by atoms with Gasteiger partial charge in [-0.05, 0) is 71.6 Å². The van der Waals surface area contributed by atoms with Crippen LogP contribution < -0.4 is 5.32 Å². The average Bonchev–Trinajstić information content (AvgIpc) is 3.29. The standard InChI is InChI=1S/C30H21ClF5N3O/c31-21-6-3-18(4-7-21)24-2-1-9-37-29(24)27(12-17-10-22(32)15-23(33)11-17)39-28(40)13-19-16-38-26-8-5-20(14-25(19)26)30(34,35)36/h1-11,14-16,27,38H,12-13H2,(H,39,40). The number of carbonyl (C=O) groups excluding carboxylic acids is 1. The minimum atomic E-state index is -4.53. The third-order valence-electron chi connectivity index (χ3n) is 6.47. The summed E-state index contributed by atoms with van der Waals surface area (Å²) in [6.07, 6.45) is -1.74. The molecular formula is C30H21ClF5N3O. The lowest BCUT2D eigenvalue weighted by atomic mass is 9.95. The molecule has 0 saturated heterocycles. The van der Waals surface area contributed by atoms with Gasteiger partial charge in [-0.3, -0.25) is 9.78 Å². The fraction of sp³-hybridized carbons (Fsp3) is 0.133. The van der Waals surface area contributed by atoms with Gasteiger partial charge in [0.1, 0.15) is 11.6 Å². The van der Waals surface area contributed by atoms with Crippen LogP contribution in [-0.2, 0) is 23.8 Å². The lowest BCUT2D eigenvalue weighted by Gasteiger charge is -2.22. The lowest BCUT2D eigenvalue weighted by Crippen LogP contribution is -2.32. The Balaban J connectivity index is 1.49. The number of alkyl halides is 3. The van der Waals surface area contributed by atoms with E-state index in [9.17, 15) is 26.7 Å². The normalized spacial score (nSPS) is 12.4. The summed E-state index contributed by atoms with van der Waals surface area (Å²) in [5.74, 6) is -2.04. The summed E-state index contributed by atoms with van der Waals surface area (Å²) in [6, 6.07) is 16.1. The van der Waals surface area contributed by atoms with Crippen LogP contribution in [0, 0.1) is 11.6 Å². The van der Waals surface area contributed by atoms with Crippen LogP contribution in [0.2, 0.25) is 5.02 Å². The Kier molecular flexibility index (Phi) is 7.58. The minimum absolute atomic E-state index is 0.00410. The topological polar surface area (TPSA) is 57.8 Å². The number of benzene rings is 3. The third-order valence-corrected chi connectivity index (χ3v) is 6.72. The van der Waals surface area contributed by atoms with Gasteiger partial charge in [-0.25, -0.2) is 8.78 Å². The van der Waals surface area contributed by atoms with E-state index in [-0.39, 0.29) is 23.8 Å². The second-order valence-electron chi connectivity index (χ2n) is 9.29. The molecule has 204 valence electrons. The molecule has 2 N–H and O–H groups in total. The summed E-state index contributed by atoms with van der Waals surface area (Å²) >= 11 is 6.04. The number of amides is 1. The van der Waals surface area contributed by atoms with Crippen molar-refractivity contribution in [2.75, 3.05) is 0 Å². The van der Waals surface area contributed by atoms with Crippen LogP contribution >= 0.6 is 11.6 Å². The number of halogens is 6. The maximum absolute atomic E-state index is 14.0. The second kappa shape index (κ2) is 11.1. The molecule has 2 heterocycles. The van der Waals surface area contributed by atoms with E-state index in [4.69, 9.17) is 11.6 Å². The highest BCUT2D eigenvalue weighted by molar-refractivity contribution is 6.30. The monoisotopic (exact) mass is 569 g/mol. The van der Waals surface area contributed by atoms with Crippen molar-refractivity contribution in [1.29, 1.82) is 0 Å². The number of aromatic amines is 1. The molecule has 0 aliphatic rings. The predicted octanol–water partition coefficient (Wildman–Crippen LogP) is 7.82. The molecule has 1 unspecified atom stereocenters. The van der Waals surface area contributed by atoms with Gasteiger partial charge in [0.2, 0.25) is 5.91 Å². The van der Waals surface area contributed by atoms with Crippen LogP contribution in [0.4, 0.5) is 22.0 Å². The van der Waals surface area contributed by atoms with Crippen LogP contribution in [-0.4, -0.2) is 15.9 Å². The number of hydrogen-bond acceptors (Lipinski definition) is 2. The molecule has 0 aliphatic heterocycles. The molecule has 0 bridgehead atoms. The molecular weight excluding hydrogens is 549 g/mol. The van der Waals surface area contributed by atoms with E-state index >= 15 is 0 Å². The predicted molar refractivity (Wildman–Crippen MR) is 143 cm³/mol. The Labute approximate surface area is 230 Å². The van der Waals surface area contributed by atoms with E-state index in [0.717, 1.165) is 23.8 Å². The SMILES string of the molecule is O=C(Cc1c[nH]c2ccc(C(F)(F)F)cc12)NC(Cc1cc(F)cc(F)c1)c1ncccc1-c1ccc(Cl)cc1. The maximum atomic E-state index is 14.0. The van der Waals surface area contributed by atoms with Gasteiger partial charge in [-0.15, -0.1) is 0 Å². The van der Waals surface area contributed by atoms with Gasteiger partial charge in [0.05, 0.1) is 23.7 Å². The molecule has 0 spiro atoms. The number of hydrogen-bond donors (Lipinski definition) is 2. The zero-order valence-corrected chi connectivity index (χ0v) is 21.5. The molecule has 4 nitrogen and oxygen atoms in total. The quantitative estimate of drug-likeness (QED) is 0.196. The number of carbonyl (C=O) groups is 1. The van der Waals surface area contributed by atoms with Crippen molar-refractivity contribution in [2.24, 2.45) is 0 Å². The van der Waals surface area contributed by atoms with Gasteiger partial charge in [0.25, 0.3) is 0 Å². The van der Waals surface area contributed by atoms with Crippen molar-refractivity contribution in [3.8, 4) is 11.1 Å². The van der Waals surface area contributed by atoms with Gasteiger partial charge in [-0.1, -0.05) is 29.8 Å². The summed E-state index contributed by atoms with van der Waals surface area (Å²) in [4.78, 5) is 20.7. The smallest absolute Gasteiger partial charge is 0.361 e. The summed E-state index contributed by atoms with van der Waals surface area (Å²) in [6.45, 7) is 0. The van der Waals surface area contributed by atoms with Crippen LogP contribution in [0.5, 0.6) is 0 Å². The maximum Gasteiger partial charge on any atom is 0.416 e. The first-order valence-corrected chi connectivity index (χ1v) is 12.6. The fourth-order valence-electron chi connectivity index (χ4n) is 4.67. The molecule has 2 aromatic heterocycles. The molecule has 0 saturated carbocycles. The van der Waals surface area contributed by atoms with Crippen molar-refractivity contribution in [3.63, 3.8) is 0 Å². The van der Waals surface area contributed by atoms with E-state index in [1.165, 1.54) is 24.4 Å². The molecule has 3 aromatic carbocycles. The van der Waals surface area contributed by atoms with E-state index in [2.05, 4.69) is 15.3 Å². The van der Waals surface area contributed by atoms with Gasteiger partial charge in [0.15, 0.2) is 0 Å². The fourth-order valence-corrected chi connectivity index (χ4v) is 4.79. The van der Waals surface area contributed by atoms with Crippen LogP contribution in [0.15, 0.2) is 85.2 Å². The van der Waals surface area contributed by atoms with E-state index in [0.29, 0.717) is 27.4 Å². The minimum Gasteiger partial charge on any atom is -0.361 e. The molecule has 0 radical (unpaired) electrons. The Morgan fingerprint density at radius 3 is 2.40 bits per heavy atom. The highest BCUT2D eigenvalue weighted by Crippen LogP contribution is 2.33. The van der Waals surface area contributed by atoms with E-state index < -0.39 is 35.3 Å². The third kappa shape index (κ3) is 6.15. The largest absolute Gasteiger partial charge is 0.416 e. The zero-order chi connectivity index (χ0) is 28.4. The molecule has 1 atom stereocenters. The molecule has 10 heteroatoms. The molecule has 5 aromatic rings. The van der Waals surface area contributed by atoms with Crippen LogP contribution in [0.3, 0.4) is 0 Å². The first-order chi connectivity index (χ1) is 19.1. The number of rotatable bonds is 7. The van der Waals surface area contributed by atoms with E-state index in [1.807, 2.05) is 0 Å². The lowest BCUT2D eigenvalue weighted by molar-refractivity contribution is -0.137. The number of nitrogens with zero attached hydrogens (tertiary/aromatic N) is 1. The number of pyridine rings is 1. The Hall–Kier alpha value is -4.24. The summed E-state index contributed by atoms with van der Waals surface area (Å²) < 4.78 is 67.9. The van der Waals surface area contributed by atoms with Crippen molar-refractivity contribution in [1.82, 2.24) is 15.3 Å². The van der Waals surface area contributed by atoms with Crippen molar-refractivity contribution in [3.05, 3.63) is 124 Å². The average molecular weight is 570 g/mol. The van der Waals surface area contributed by atoms with Gasteiger partial charge in [0, 0.05) is 39.9 Å². The number of H-pyrrole nitrogens is 1. The summed E-state index contributed by atoms with van der Waals surface area (Å²) in [7, 11) is 0. The zero-order valence-electron chi connectivity index (χ0n) is 20.7. The molecule has 0 fully saturated rings. The summed E-state index contributed by atoms with van der Waals surface area (Å²) in [5, 5.41) is 3.68. The Morgan fingerprint density at radius 1 is 0.975 bits per heavy atom. The number of fused-ring (bicyclic) bond motifs is 1. The molecule has 0 aliphatic carbocycles. The van der Waals surface area contributed by atoms with Crippen molar-refractivity contribution in [2.45, 2.75) is 25.1 Å². The Morgan fingerprint density at radius 2 is 1.70 bits per heavy atom. The molecule has 5 rings (SSSR count). The number of aromatic nitrogens is 2. The van der Waals surface area contributed by atoms with Crippen molar-refractivity contribution >= 4 is 28.4 Å². The highest BCUT2D eigenvalue weighted by Gasteiger charge is 2.31.